The van der Waals surface area contributed by atoms with E-state index < -0.39 is 90.0 Å². The quantitative estimate of drug-likeness (QED) is 0.0240. The first-order chi connectivity index (χ1) is 32.4. The molecule has 72 heavy (non-hydrogen) atoms. The van der Waals surface area contributed by atoms with Crippen LogP contribution in [0.25, 0.3) is 0 Å². The number of nitrogens with zero attached hydrogens (tertiary/aromatic N) is 1. The van der Waals surface area contributed by atoms with Crippen LogP contribution in [0.4, 0.5) is 10.5 Å². The van der Waals surface area contributed by atoms with Gasteiger partial charge in [-0.1, -0.05) is 118 Å². The maximum absolute atomic E-state index is 15.3. The van der Waals surface area contributed by atoms with E-state index in [1.807, 2.05) is 138 Å². The first kappa shape index (κ1) is 65.1. The van der Waals surface area contributed by atoms with Crippen molar-refractivity contribution in [2.45, 2.75) is 184 Å². The Kier molecular flexibility index (Phi) is 21.3. The molecule has 0 fully saturated rings. The highest BCUT2D eigenvalue weighted by molar-refractivity contribution is 5.89. The summed E-state index contributed by atoms with van der Waals surface area (Å²) in [5.74, 6) is -3.03. The van der Waals surface area contributed by atoms with E-state index in [2.05, 4.69) is 16.0 Å². The fourth-order valence-corrected chi connectivity index (χ4v) is 10.9. The van der Waals surface area contributed by atoms with Crippen LogP contribution in [-0.2, 0) is 38.2 Å². The van der Waals surface area contributed by atoms with Crippen molar-refractivity contribution < 1.29 is 53.2 Å². The van der Waals surface area contributed by atoms with Crippen molar-refractivity contribution in [2.75, 3.05) is 38.2 Å². The number of aromatic hydroxyl groups is 1. The number of benzene rings is 1. The van der Waals surface area contributed by atoms with Crippen LogP contribution in [0.1, 0.15) is 184 Å². The summed E-state index contributed by atoms with van der Waals surface area (Å²) in [5.41, 5.74) is -10.1. The maximum atomic E-state index is 15.3. The van der Waals surface area contributed by atoms with Gasteiger partial charge in [0.1, 0.15) is 25.4 Å². The topological polar surface area (TPSA) is 230 Å². The van der Waals surface area contributed by atoms with Gasteiger partial charge in [-0.3, -0.25) is 24.0 Å². The lowest BCUT2D eigenvalue weighted by Gasteiger charge is -2.61. The number of hydrogen-bond acceptors (Lipinski definition) is 11. The second-order valence-corrected chi connectivity index (χ2v) is 26.3. The normalized spacial score (nSPS) is 16.4. The average Bonchev–Trinajstić information content (AvgIpc) is 3.22. The van der Waals surface area contributed by atoms with Crippen molar-refractivity contribution >= 4 is 41.5 Å². The number of carbonyl (C=O) groups excluding carboxylic acids is 5. The van der Waals surface area contributed by atoms with Gasteiger partial charge in [0.15, 0.2) is 0 Å². The molecule has 0 saturated heterocycles. The minimum absolute atomic E-state index is 0.0328. The number of amides is 3. The summed E-state index contributed by atoms with van der Waals surface area (Å²) in [7, 11) is 0. The lowest BCUT2D eigenvalue weighted by atomic mass is 9.42. The van der Waals surface area contributed by atoms with Crippen molar-refractivity contribution in [2.24, 2.45) is 65.5 Å². The number of nitriles is 1. The molecule has 1 rings (SSSR count). The molecule has 15 heteroatoms. The predicted molar refractivity (Wildman–Crippen MR) is 282 cm³/mol. The van der Waals surface area contributed by atoms with Crippen LogP contribution in [0.15, 0.2) is 24.3 Å². The van der Waals surface area contributed by atoms with Crippen LogP contribution in [0.2, 0.25) is 0 Å². The molecule has 0 spiro atoms. The number of ether oxygens (including phenoxy) is 3. The smallest absolute Gasteiger partial charge is 0.319 e. The number of nitrogens with one attached hydrogen (secondary N) is 3. The number of esters is 3. The molecule has 0 heterocycles. The van der Waals surface area contributed by atoms with Gasteiger partial charge in [-0.2, -0.15) is 5.26 Å². The number of anilines is 1. The standard InChI is InChI=1S/C57H96N4O11/c1-23-70-44(67)56(21,36-49(9,10)51(13,14)55(20,42(64)65)34-47(4,5)6)53(17,18)50(11,12)37-57(22,45(68)72-33-31-60-46(69)61-39-24-26-40(62)27-25-39)52(15,16)48(7,8)35-54(19,38(2)3)43(66)71-32-30-59-41(63)28-29-58/h24-27,38,62H,23,28,30-37H2,1-22H3,(H,59,63)(H,64,65)(H2,60,61,69). The maximum Gasteiger partial charge on any atom is 0.319 e. The van der Waals surface area contributed by atoms with Crippen molar-refractivity contribution in [3.8, 4) is 11.8 Å². The van der Waals surface area contributed by atoms with E-state index in [0.717, 1.165) is 0 Å². The Morgan fingerprint density at radius 2 is 0.986 bits per heavy atom. The van der Waals surface area contributed by atoms with E-state index in [9.17, 15) is 34.2 Å². The Morgan fingerprint density at radius 3 is 1.39 bits per heavy atom. The minimum atomic E-state index is -1.36. The SMILES string of the molecule is CCOC(=O)C(C)(CC(C)(C)C(C)(C)C(C)(CC(C)(C)C)C(=O)O)C(C)(C)C(C)(C)CC(C)(C(=O)OCCNC(=O)Nc1ccc(O)cc1)C(C)(C)C(C)(C)CC(C)(C(=O)OCCNC(=O)CC#N)C(C)C. The van der Waals surface area contributed by atoms with E-state index in [4.69, 9.17) is 19.5 Å². The lowest BCUT2D eigenvalue weighted by molar-refractivity contribution is -0.195. The Balaban J connectivity index is 4.05. The zero-order valence-corrected chi connectivity index (χ0v) is 48.5. The second-order valence-electron chi connectivity index (χ2n) is 26.3. The van der Waals surface area contributed by atoms with Crippen LogP contribution in [0.5, 0.6) is 5.75 Å². The zero-order chi connectivity index (χ0) is 56.5. The van der Waals surface area contributed by atoms with E-state index in [1.54, 1.807) is 32.0 Å². The van der Waals surface area contributed by atoms with Crippen molar-refractivity contribution in [1.82, 2.24) is 10.6 Å². The molecule has 15 nitrogen and oxygen atoms in total. The molecule has 0 aliphatic rings. The number of urea groups is 1. The molecule has 0 radical (unpaired) electrons. The Labute approximate surface area is 433 Å². The van der Waals surface area contributed by atoms with Gasteiger partial charge in [0, 0.05) is 5.69 Å². The summed E-state index contributed by atoms with van der Waals surface area (Å²) in [6, 6.07) is 7.23. The number of hydrogen-bond donors (Lipinski definition) is 5. The van der Waals surface area contributed by atoms with Gasteiger partial charge in [0.25, 0.3) is 0 Å². The average molecular weight is 1010 g/mol. The molecule has 0 saturated carbocycles. The molecule has 0 aliphatic heterocycles. The summed E-state index contributed by atoms with van der Waals surface area (Å²) < 4.78 is 17.9. The van der Waals surface area contributed by atoms with E-state index >= 15 is 4.79 Å². The molecular formula is C57H96N4O11. The number of rotatable bonds is 27. The third kappa shape index (κ3) is 14.2. The number of carbonyl (C=O) groups is 6. The van der Waals surface area contributed by atoms with Gasteiger partial charge >= 0.3 is 29.9 Å². The zero-order valence-electron chi connectivity index (χ0n) is 48.5. The first-order valence-electron chi connectivity index (χ1n) is 25.6. The van der Waals surface area contributed by atoms with Gasteiger partial charge in [0.05, 0.1) is 47.4 Å². The number of carboxylic acid groups (broad SMARTS) is 1. The Hall–Kier alpha value is -4.87. The molecular weight excluding hydrogens is 917 g/mol. The van der Waals surface area contributed by atoms with Crippen molar-refractivity contribution in [3.05, 3.63) is 24.3 Å². The van der Waals surface area contributed by atoms with Gasteiger partial charge in [-0.25, -0.2) is 4.79 Å². The van der Waals surface area contributed by atoms with E-state index in [1.165, 1.54) is 12.1 Å². The van der Waals surface area contributed by atoms with Crippen molar-refractivity contribution in [3.63, 3.8) is 0 Å². The van der Waals surface area contributed by atoms with Gasteiger partial charge < -0.3 is 40.4 Å². The minimum Gasteiger partial charge on any atom is -0.508 e. The molecule has 1 aromatic rings. The molecule has 5 N–H and O–H groups in total. The lowest BCUT2D eigenvalue weighted by Crippen LogP contribution is -2.60. The number of carboxylic acids is 1. The second kappa shape index (κ2) is 23.6. The van der Waals surface area contributed by atoms with Gasteiger partial charge in [-0.05, 0) is 128 Å². The molecule has 4 atom stereocenters. The van der Waals surface area contributed by atoms with Crippen LogP contribution in [0, 0.1) is 76.8 Å². The number of phenols is 1. The third-order valence-electron chi connectivity index (χ3n) is 18.5. The monoisotopic (exact) mass is 1010 g/mol. The molecule has 1 aromatic carbocycles. The third-order valence-corrected chi connectivity index (χ3v) is 18.5. The van der Waals surface area contributed by atoms with Crippen LogP contribution < -0.4 is 16.0 Å². The molecule has 410 valence electrons. The van der Waals surface area contributed by atoms with E-state index in [0.29, 0.717) is 12.1 Å². The summed E-state index contributed by atoms with van der Waals surface area (Å²) in [6.45, 7) is 43.2. The van der Waals surface area contributed by atoms with Crippen LogP contribution >= 0.6 is 0 Å². The summed E-state index contributed by atoms with van der Waals surface area (Å²) in [5, 5.41) is 37.5. The predicted octanol–water partition coefficient (Wildman–Crippen LogP) is 11.7. The number of phenolic OH excluding ortho intramolecular Hbond substituents is 1. The summed E-state index contributed by atoms with van der Waals surface area (Å²) in [4.78, 5) is 82.5. The Morgan fingerprint density at radius 1 is 0.583 bits per heavy atom. The fourth-order valence-electron chi connectivity index (χ4n) is 10.9. The van der Waals surface area contributed by atoms with Gasteiger partial charge in [0.2, 0.25) is 5.91 Å². The molecule has 0 aliphatic carbocycles. The fraction of sp³-hybridized carbons (Fsp3) is 0.772. The number of aliphatic carboxylic acids is 1. The molecule has 0 bridgehead atoms. The highest BCUT2D eigenvalue weighted by Gasteiger charge is 2.66. The van der Waals surface area contributed by atoms with Crippen LogP contribution in [-0.4, -0.2) is 78.9 Å². The van der Waals surface area contributed by atoms with Crippen molar-refractivity contribution in [1.29, 1.82) is 5.26 Å². The molecule has 0 aromatic heterocycles. The molecule has 4 unspecified atom stereocenters. The first-order valence-corrected chi connectivity index (χ1v) is 25.6. The molecule has 3 amide bonds. The Bertz CT molecular complexity index is 2110. The summed E-state index contributed by atoms with van der Waals surface area (Å²) in [6.07, 6.45) is 0.732. The van der Waals surface area contributed by atoms with Gasteiger partial charge in [-0.15, -0.1) is 0 Å². The highest BCUT2D eigenvalue weighted by atomic mass is 16.5. The summed E-state index contributed by atoms with van der Waals surface area (Å²) >= 11 is 0. The highest BCUT2D eigenvalue weighted by Crippen LogP contribution is 2.67. The largest absolute Gasteiger partial charge is 0.508 e. The van der Waals surface area contributed by atoms with E-state index in [-0.39, 0.29) is 75.7 Å². The van der Waals surface area contributed by atoms with Crippen LogP contribution in [0.3, 0.4) is 0 Å².